The first-order valence-corrected chi connectivity index (χ1v) is 13.2. The van der Waals surface area contributed by atoms with Crippen molar-refractivity contribution in [3.8, 4) is 22.9 Å². The quantitative estimate of drug-likeness (QED) is 0.231. The Balaban J connectivity index is 1.52. The number of nitrogens with one attached hydrogen (secondary N) is 1. The van der Waals surface area contributed by atoms with Gasteiger partial charge in [0.15, 0.2) is 22.5 Å². The third-order valence-electron chi connectivity index (χ3n) is 5.82. The van der Waals surface area contributed by atoms with E-state index in [0.29, 0.717) is 39.6 Å². The van der Waals surface area contributed by atoms with Gasteiger partial charge in [0.25, 0.3) is 0 Å². The first kappa shape index (κ1) is 25.8. The van der Waals surface area contributed by atoms with Crippen LogP contribution in [0, 0.1) is 0 Å². The fraction of sp³-hybridized carbons (Fsp3) is 0.360. The van der Waals surface area contributed by atoms with Crippen LogP contribution in [-0.4, -0.2) is 53.7 Å². The molecule has 9 nitrogen and oxygen atoms in total. The summed E-state index contributed by atoms with van der Waals surface area (Å²) >= 11 is 2.73. The van der Waals surface area contributed by atoms with Gasteiger partial charge < -0.3 is 19.5 Å². The van der Waals surface area contributed by atoms with Crippen LogP contribution in [0.2, 0.25) is 0 Å². The zero-order chi connectivity index (χ0) is 25.7. The number of rotatable bonds is 10. The fourth-order valence-corrected chi connectivity index (χ4v) is 6.18. The number of allylic oxidation sites excluding steroid dienone is 1. The Labute approximate surface area is 217 Å². The van der Waals surface area contributed by atoms with E-state index in [1.165, 1.54) is 30.2 Å². The number of amides is 1. The number of nitrogens with zero attached hydrogens (tertiary/aromatic N) is 3. The van der Waals surface area contributed by atoms with Crippen LogP contribution < -0.4 is 14.8 Å². The Morgan fingerprint density at radius 2 is 1.94 bits per heavy atom. The molecule has 0 fully saturated rings. The Morgan fingerprint density at radius 3 is 2.67 bits per heavy atom. The highest BCUT2D eigenvalue weighted by Gasteiger charge is 2.27. The molecule has 1 amide bonds. The van der Waals surface area contributed by atoms with Crippen LogP contribution in [0.3, 0.4) is 0 Å². The highest BCUT2D eigenvalue weighted by atomic mass is 32.2. The highest BCUT2D eigenvalue weighted by molar-refractivity contribution is 7.99. The molecule has 1 aliphatic carbocycles. The van der Waals surface area contributed by atoms with Gasteiger partial charge in [-0.05, 0) is 49.4 Å². The van der Waals surface area contributed by atoms with Crippen molar-refractivity contribution in [1.82, 2.24) is 14.8 Å². The predicted octanol–water partition coefficient (Wildman–Crippen LogP) is 4.61. The Hall–Kier alpha value is -3.31. The van der Waals surface area contributed by atoms with Gasteiger partial charge in [0.1, 0.15) is 5.00 Å². The number of fused-ring (bicyclic) bond motifs is 1. The average Bonchev–Trinajstić information content (AvgIpc) is 3.47. The highest BCUT2D eigenvalue weighted by Crippen LogP contribution is 2.39. The zero-order valence-electron chi connectivity index (χ0n) is 20.5. The van der Waals surface area contributed by atoms with Crippen LogP contribution in [0.4, 0.5) is 5.00 Å². The van der Waals surface area contributed by atoms with Gasteiger partial charge in [0.05, 0.1) is 32.6 Å². The van der Waals surface area contributed by atoms with Crippen molar-refractivity contribution < 1.29 is 23.8 Å². The van der Waals surface area contributed by atoms with Crippen LogP contribution in [0.15, 0.2) is 36.0 Å². The average molecular weight is 529 g/mol. The lowest BCUT2D eigenvalue weighted by Crippen LogP contribution is -2.17. The summed E-state index contributed by atoms with van der Waals surface area (Å²) in [4.78, 5) is 26.5. The van der Waals surface area contributed by atoms with E-state index in [4.69, 9.17) is 14.2 Å². The molecule has 36 heavy (non-hydrogen) atoms. The number of hydrogen-bond donors (Lipinski definition) is 1. The summed E-state index contributed by atoms with van der Waals surface area (Å²) in [7, 11) is 4.52. The molecular weight excluding hydrogens is 500 g/mol. The number of hydrogen-bond acceptors (Lipinski definition) is 9. The maximum Gasteiger partial charge on any atom is 0.341 e. The van der Waals surface area contributed by atoms with Crippen molar-refractivity contribution in [2.24, 2.45) is 0 Å². The molecule has 3 aromatic rings. The van der Waals surface area contributed by atoms with Gasteiger partial charge in [-0.15, -0.1) is 28.1 Å². The van der Waals surface area contributed by atoms with Crippen molar-refractivity contribution in [2.45, 2.75) is 37.4 Å². The summed E-state index contributed by atoms with van der Waals surface area (Å²) in [5, 5.41) is 12.7. The molecule has 0 bridgehead atoms. The van der Waals surface area contributed by atoms with E-state index >= 15 is 0 Å². The topological polar surface area (TPSA) is 105 Å². The van der Waals surface area contributed by atoms with Crippen LogP contribution in [-0.2, 0) is 28.9 Å². The molecule has 0 unspecified atom stereocenters. The number of anilines is 1. The Bertz CT molecular complexity index is 1280. The molecule has 190 valence electrons. The van der Waals surface area contributed by atoms with E-state index in [9.17, 15) is 9.59 Å². The van der Waals surface area contributed by atoms with E-state index in [1.807, 2.05) is 16.7 Å². The van der Waals surface area contributed by atoms with Crippen molar-refractivity contribution >= 4 is 40.0 Å². The number of benzene rings is 1. The maximum absolute atomic E-state index is 12.9. The number of carbonyl (C=O) groups excluding carboxylic acids is 2. The van der Waals surface area contributed by atoms with E-state index in [1.54, 1.807) is 26.4 Å². The van der Waals surface area contributed by atoms with Gasteiger partial charge in [-0.1, -0.05) is 17.8 Å². The molecule has 11 heteroatoms. The summed E-state index contributed by atoms with van der Waals surface area (Å²) in [6.07, 6.45) is 5.59. The first-order valence-electron chi connectivity index (χ1n) is 11.4. The van der Waals surface area contributed by atoms with E-state index in [-0.39, 0.29) is 11.7 Å². The van der Waals surface area contributed by atoms with Gasteiger partial charge in [-0.25, -0.2) is 4.79 Å². The van der Waals surface area contributed by atoms with Gasteiger partial charge >= 0.3 is 5.97 Å². The van der Waals surface area contributed by atoms with Gasteiger partial charge in [-0.2, -0.15) is 0 Å². The minimum atomic E-state index is -0.414. The first-order chi connectivity index (χ1) is 17.5. The smallest absolute Gasteiger partial charge is 0.341 e. The third kappa shape index (κ3) is 5.26. The number of aromatic nitrogens is 3. The van der Waals surface area contributed by atoms with E-state index < -0.39 is 5.97 Å². The van der Waals surface area contributed by atoms with Crippen LogP contribution in [0.5, 0.6) is 11.5 Å². The molecule has 0 atom stereocenters. The fourth-order valence-electron chi connectivity index (χ4n) is 4.14. The number of methoxy groups -OCH3 is 3. The molecule has 0 spiro atoms. The van der Waals surface area contributed by atoms with Crippen LogP contribution in [0.25, 0.3) is 11.4 Å². The van der Waals surface area contributed by atoms with Crippen molar-refractivity contribution in [1.29, 1.82) is 0 Å². The minimum Gasteiger partial charge on any atom is -0.493 e. The lowest BCUT2D eigenvalue weighted by atomic mass is 9.95. The van der Waals surface area contributed by atoms with Crippen molar-refractivity contribution in [3.05, 3.63) is 46.9 Å². The maximum atomic E-state index is 12.9. The lowest BCUT2D eigenvalue weighted by molar-refractivity contribution is -0.113. The van der Waals surface area contributed by atoms with Crippen molar-refractivity contribution in [2.75, 3.05) is 32.4 Å². The summed E-state index contributed by atoms with van der Waals surface area (Å²) < 4.78 is 17.6. The lowest BCUT2D eigenvalue weighted by Gasteiger charge is -2.12. The second kappa shape index (κ2) is 11.6. The van der Waals surface area contributed by atoms with Crippen LogP contribution >= 0.6 is 23.1 Å². The van der Waals surface area contributed by atoms with Gasteiger partial charge in [-0.3, -0.25) is 9.36 Å². The summed E-state index contributed by atoms with van der Waals surface area (Å²) in [6.45, 7) is 4.30. The number of esters is 1. The number of carbonyl (C=O) groups is 2. The molecule has 2 heterocycles. The molecular formula is C25H28N4O5S2. The molecule has 1 aliphatic rings. The SMILES string of the molecule is C=CCn1c(SCC(=O)Nc2sc3c(c2C(=O)OC)CCCC3)nnc1-c1ccc(OC)c(OC)c1. The minimum absolute atomic E-state index is 0.102. The molecule has 1 aromatic carbocycles. The normalized spacial score (nSPS) is 12.5. The molecule has 0 radical (unpaired) electrons. The Morgan fingerprint density at radius 1 is 1.17 bits per heavy atom. The number of thiophene rings is 1. The molecule has 0 saturated heterocycles. The summed E-state index contributed by atoms with van der Waals surface area (Å²) in [5.41, 5.74) is 2.29. The van der Waals surface area contributed by atoms with Crippen LogP contribution in [0.1, 0.15) is 33.6 Å². The van der Waals surface area contributed by atoms with Gasteiger partial charge in [0, 0.05) is 17.0 Å². The zero-order valence-corrected chi connectivity index (χ0v) is 22.1. The summed E-state index contributed by atoms with van der Waals surface area (Å²) in [5.74, 6) is 1.27. The van der Waals surface area contributed by atoms with E-state index in [0.717, 1.165) is 41.7 Å². The Kier molecular flexibility index (Phi) is 8.32. The molecule has 0 saturated carbocycles. The largest absolute Gasteiger partial charge is 0.493 e. The predicted molar refractivity (Wildman–Crippen MR) is 140 cm³/mol. The second-order valence-corrected chi connectivity index (χ2v) is 10.1. The second-order valence-electron chi connectivity index (χ2n) is 8.02. The molecule has 4 rings (SSSR count). The molecule has 1 N–H and O–H groups in total. The van der Waals surface area contributed by atoms with E-state index in [2.05, 4.69) is 22.1 Å². The number of thioether (sulfide) groups is 1. The number of ether oxygens (including phenoxy) is 3. The number of aryl methyl sites for hydroxylation is 1. The van der Waals surface area contributed by atoms with Crippen molar-refractivity contribution in [3.63, 3.8) is 0 Å². The molecule has 0 aliphatic heterocycles. The molecule has 2 aromatic heterocycles. The third-order valence-corrected chi connectivity index (χ3v) is 7.99. The summed E-state index contributed by atoms with van der Waals surface area (Å²) in [6, 6.07) is 5.51. The monoisotopic (exact) mass is 528 g/mol. The van der Waals surface area contributed by atoms with Gasteiger partial charge in [0.2, 0.25) is 5.91 Å². The standard InChI is InChI=1S/C25H28N4O5S2/c1-5-12-29-22(15-10-11-17(32-2)18(13-15)33-3)27-28-25(29)35-14-20(30)26-23-21(24(31)34-4)16-8-6-7-9-19(16)36-23/h5,10-11,13H,1,6-9,12,14H2,2-4H3,(H,26,30).